The summed E-state index contributed by atoms with van der Waals surface area (Å²) in [6.07, 6.45) is 5.05. The van der Waals surface area contributed by atoms with Gasteiger partial charge in [0.1, 0.15) is 17.9 Å². The summed E-state index contributed by atoms with van der Waals surface area (Å²) in [5, 5.41) is 0.944. The standard InChI is InChI=1S/C32H40N2O5/c1-4-5-16-33-17-19-37-27-12-7-6-10-25(27)11-8-9-15-32(31(33)36)22-34(18-20-38-32)30(35)29-24(3)26-14-13-23(2)21-28(26)39-29/h6-7,10,12-14,21H,4-5,8-9,11,15-20,22H2,1-3H3. The van der Waals surface area contributed by atoms with E-state index in [0.717, 1.165) is 54.4 Å². The van der Waals surface area contributed by atoms with Gasteiger partial charge in [0.2, 0.25) is 0 Å². The smallest absolute Gasteiger partial charge is 0.290 e. The Morgan fingerprint density at radius 1 is 1.05 bits per heavy atom. The number of unbranched alkanes of at least 4 members (excludes halogenated alkanes) is 1. The first kappa shape index (κ1) is 27.3. The number of hydrogen-bond donors (Lipinski definition) is 0. The summed E-state index contributed by atoms with van der Waals surface area (Å²) in [7, 11) is 0. The Morgan fingerprint density at radius 2 is 1.90 bits per heavy atom. The minimum atomic E-state index is -1.07. The van der Waals surface area contributed by atoms with Crippen LogP contribution in [0.4, 0.5) is 0 Å². The molecule has 0 bridgehead atoms. The lowest BCUT2D eigenvalue weighted by atomic mass is 9.90. The molecule has 2 aromatic carbocycles. The van der Waals surface area contributed by atoms with Crippen LogP contribution in [0.5, 0.6) is 5.75 Å². The molecule has 3 heterocycles. The van der Waals surface area contributed by atoms with Crippen molar-refractivity contribution in [2.75, 3.05) is 39.4 Å². The number of carbonyl (C=O) groups excluding carboxylic acids is 2. The summed E-state index contributed by atoms with van der Waals surface area (Å²) in [5.74, 6) is 1.03. The zero-order valence-corrected chi connectivity index (χ0v) is 23.5. The van der Waals surface area contributed by atoms with Crippen LogP contribution in [0.15, 0.2) is 46.9 Å². The van der Waals surface area contributed by atoms with E-state index in [1.165, 1.54) is 5.56 Å². The van der Waals surface area contributed by atoms with Gasteiger partial charge in [0.15, 0.2) is 11.4 Å². The number of amides is 2. The molecule has 2 aliphatic rings. The van der Waals surface area contributed by atoms with E-state index in [-0.39, 0.29) is 18.4 Å². The molecule has 0 aliphatic carbocycles. The molecule has 1 unspecified atom stereocenters. The number of aryl methyl sites for hydroxylation is 3. The Bertz CT molecular complexity index is 1330. The predicted octanol–water partition coefficient (Wildman–Crippen LogP) is 5.69. The van der Waals surface area contributed by atoms with Crippen LogP contribution in [-0.2, 0) is 16.0 Å². The van der Waals surface area contributed by atoms with Gasteiger partial charge in [-0.1, -0.05) is 43.7 Å². The van der Waals surface area contributed by atoms with Crippen LogP contribution in [0.2, 0.25) is 0 Å². The van der Waals surface area contributed by atoms with Gasteiger partial charge in [-0.15, -0.1) is 0 Å². The van der Waals surface area contributed by atoms with Crippen LogP contribution < -0.4 is 4.74 Å². The summed E-state index contributed by atoms with van der Waals surface area (Å²) >= 11 is 0. The Balaban J connectivity index is 1.42. The molecule has 39 heavy (non-hydrogen) atoms. The molecular weight excluding hydrogens is 492 g/mol. The average Bonchev–Trinajstić information content (AvgIpc) is 3.27. The van der Waals surface area contributed by atoms with Gasteiger partial charge in [0.25, 0.3) is 11.8 Å². The van der Waals surface area contributed by atoms with E-state index in [0.29, 0.717) is 50.6 Å². The number of carbonyl (C=O) groups is 2. The normalized spacial score (nSPS) is 20.8. The van der Waals surface area contributed by atoms with Crippen LogP contribution in [0, 0.1) is 13.8 Å². The molecule has 0 radical (unpaired) electrons. The van der Waals surface area contributed by atoms with Crippen LogP contribution in [0.1, 0.15) is 66.3 Å². The van der Waals surface area contributed by atoms with Crippen LogP contribution >= 0.6 is 0 Å². The van der Waals surface area contributed by atoms with Crippen LogP contribution in [0.25, 0.3) is 11.0 Å². The minimum Gasteiger partial charge on any atom is -0.491 e. The fourth-order valence-corrected chi connectivity index (χ4v) is 5.82. The molecular formula is C32H40N2O5. The lowest BCUT2D eigenvalue weighted by Crippen LogP contribution is -2.62. The van der Waals surface area contributed by atoms with Gasteiger partial charge >= 0.3 is 0 Å². The van der Waals surface area contributed by atoms with Gasteiger partial charge in [-0.2, -0.15) is 0 Å². The van der Waals surface area contributed by atoms with Crippen molar-refractivity contribution in [1.82, 2.24) is 9.80 Å². The van der Waals surface area contributed by atoms with E-state index in [1.807, 2.05) is 55.1 Å². The average molecular weight is 533 g/mol. The summed E-state index contributed by atoms with van der Waals surface area (Å²) in [5.41, 5.74) is 2.75. The minimum absolute atomic E-state index is 0.0390. The topological polar surface area (TPSA) is 72.2 Å². The molecule has 0 saturated carbocycles. The number of nitrogens with zero attached hydrogens (tertiary/aromatic N) is 2. The summed E-state index contributed by atoms with van der Waals surface area (Å²) in [4.78, 5) is 31.7. The van der Waals surface area contributed by atoms with Gasteiger partial charge in [-0.25, -0.2) is 0 Å². The second-order valence-electron chi connectivity index (χ2n) is 10.9. The lowest BCUT2D eigenvalue weighted by Gasteiger charge is -2.44. The van der Waals surface area contributed by atoms with E-state index in [9.17, 15) is 9.59 Å². The molecule has 1 fully saturated rings. The third kappa shape index (κ3) is 5.69. The molecule has 1 saturated heterocycles. The van der Waals surface area contributed by atoms with Crippen molar-refractivity contribution in [3.63, 3.8) is 0 Å². The van der Waals surface area contributed by atoms with E-state index in [2.05, 4.69) is 13.0 Å². The first-order valence-corrected chi connectivity index (χ1v) is 14.3. The second kappa shape index (κ2) is 11.8. The Hall–Kier alpha value is -3.32. The fraction of sp³-hybridized carbons (Fsp3) is 0.500. The second-order valence-corrected chi connectivity index (χ2v) is 10.9. The van der Waals surface area contributed by atoms with E-state index >= 15 is 0 Å². The first-order valence-electron chi connectivity index (χ1n) is 14.3. The van der Waals surface area contributed by atoms with E-state index in [1.54, 1.807) is 4.90 Å². The van der Waals surface area contributed by atoms with Crippen molar-refractivity contribution in [3.05, 3.63) is 64.9 Å². The zero-order valence-electron chi connectivity index (χ0n) is 23.5. The predicted molar refractivity (Wildman–Crippen MR) is 151 cm³/mol. The first-order chi connectivity index (χ1) is 18.9. The Kier molecular flexibility index (Phi) is 8.26. The highest BCUT2D eigenvalue weighted by molar-refractivity contribution is 5.99. The maximum Gasteiger partial charge on any atom is 0.290 e. The molecule has 1 aromatic heterocycles. The van der Waals surface area contributed by atoms with Gasteiger partial charge in [0, 0.05) is 24.0 Å². The van der Waals surface area contributed by atoms with Gasteiger partial charge in [-0.05, 0) is 69.2 Å². The number of fused-ring (bicyclic) bond motifs is 2. The molecule has 1 atom stereocenters. The monoisotopic (exact) mass is 532 g/mol. The van der Waals surface area contributed by atoms with Crippen molar-refractivity contribution in [2.45, 2.75) is 64.9 Å². The van der Waals surface area contributed by atoms with Gasteiger partial charge in [0.05, 0.1) is 19.7 Å². The number of hydrogen-bond acceptors (Lipinski definition) is 5. The van der Waals surface area contributed by atoms with Crippen molar-refractivity contribution < 1.29 is 23.5 Å². The number of morpholine rings is 1. The van der Waals surface area contributed by atoms with Crippen molar-refractivity contribution in [3.8, 4) is 5.75 Å². The van der Waals surface area contributed by atoms with Crippen LogP contribution in [-0.4, -0.2) is 66.6 Å². The maximum atomic E-state index is 14.2. The largest absolute Gasteiger partial charge is 0.491 e. The lowest BCUT2D eigenvalue weighted by molar-refractivity contribution is -0.170. The van der Waals surface area contributed by atoms with Crippen molar-refractivity contribution >= 4 is 22.8 Å². The number of rotatable bonds is 4. The third-order valence-electron chi connectivity index (χ3n) is 8.09. The number of para-hydroxylation sites is 1. The van der Waals surface area contributed by atoms with Crippen LogP contribution in [0.3, 0.4) is 0 Å². The zero-order chi connectivity index (χ0) is 27.4. The maximum absolute atomic E-state index is 14.2. The number of benzene rings is 2. The SMILES string of the molecule is CCCCN1CCOc2ccccc2CCCCC2(CN(C(=O)c3oc4cc(C)ccc4c3C)CCO2)C1=O. The van der Waals surface area contributed by atoms with Gasteiger partial charge in [-0.3, -0.25) is 9.59 Å². The number of ether oxygens (including phenoxy) is 2. The van der Waals surface area contributed by atoms with Crippen molar-refractivity contribution in [1.29, 1.82) is 0 Å². The molecule has 0 N–H and O–H groups in total. The fourth-order valence-electron chi connectivity index (χ4n) is 5.82. The quantitative estimate of drug-likeness (QED) is 0.431. The molecule has 3 aromatic rings. The Morgan fingerprint density at radius 3 is 2.74 bits per heavy atom. The molecule has 1 spiro atoms. The van der Waals surface area contributed by atoms with E-state index < -0.39 is 5.60 Å². The van der Waals surface area contributed by atoms with Gasteiger partial charge < -0.3 is 23.7 Å². The summed E-state index contributed by atoms with van der Waals surface area (Å²) in [6.45, 7) is 8.56. The highest BCUT2D eigenvalue weighted by atomic mass is 16.5. The highest BCUT2D eigenvalue weighted by Crippen LogP contribution is 2.32. The molecule has 2 amide bonds. The molecule has 7 heteroatoms. The molecule has 208 valence electrons. The molecule has 5 rings (SSSR count). The van der Waals surface area contributed by atoms with E-state index in [4.69, 9.17) is 13.9 Å². The molecule has 7 nitrogen and oxygen atoms in total. The third-order valence-corrected chi connectivity index (χ3v) is 8.09. The molecule has 2 aliphatic heterocycles. The summed E-state index contributed by atoms with van der Waals surface area (Å²) < 4.78 is 18.6. The number of furan rings is 1. The Labute approximate surface area is 231 Å². The van der Waals surface area contributed by atoms with Crippen molar-refractivity contribution in [2.24, 2.45) is 0 Å². The summed E-state index contributed by atoms with van der Waals surface area (Å²) in [6, 6.07) is 14.2. The highest BCUT2D eigenvalue weighted by Gasteiger charge is 2.47.